The van der Waals surface area contributed by atoms with Gasteiger partial charge in [0.2, 0.25) is 5.91 Å². The lowest BCUT2D eigenvalue weighted by Gasteiger charge is -2.13. The van der Waals surface area contributed by atoms with Crippen molar-refractivity contribution >= 4 is 63.7 Å². The summed E-state index contributed by atoms with van der Waals surface area (Å²) in [5.74, 6) is -0.335. The Kier molecular flexibility index (Phi) is 8.04. The van der Waals surface area contributed by atoms with Gasteiger partial charge < -0.3 is 15.4 Å². The molecule has 2 amide bonds. The fraction of sp³-hybridized carbons (Fsp3) is 0.211. The maximum atomic E-state index is 12.0. The van der Waals surface area contributed by atoms with Crippen molar-refractivity contribution in [1.29, 1.82) is 0 Å². The Morgan fingerprint density at radius 1 is 1.07 bits per heavy atom. The van der Waals surface area contributed by atoms with Crippen LogP contribution in [-0.4, -0.2) is 23.5 Å². The van der Waals surface area contributed by atoms with Gasteiger partial charge in [-0.25, -0.2) is 0 Å². The van der Waals surface area contributed by atoms with Crippen LogP contribution >= 0.6 is 35.4 Å². The van der Waals surface area contributed by atoms with Crippen LogP contribution in [-0.2, 0) is 9.59 Å². The van der Waals surface area contributed by atoms with Crippen molar-refractivity contribution in [3.05, 3.63) is 52.5 Å². The quantitative estimate of drug-likeness (QED) is 0.578. The first-order chi connectivity index (χ1) is 13.2. The molecule has 0 heterocycles. The molecule has 0 unspecified atom stereocenters. The van der Waals surface area contributed by atoms with Gasteiger partial charge >= 0.3 is 0 Å². The molecule has 0 radical (unpaired) electrons. The molecule has 0 atom stereocenters. The van der Waals surface area contributed by atoms with E-state index in [-0.39, 0.29) is 23.5 Å². The van der Waals surface area contributed by atoms with Gasteiger partial charge in [-0.3, -0.25) is 14.9 Å². The topological polar surface area (TPSA) is 79.5 Å². The molecule has 0 fully saturated rings. The number of halogens is 2. The molecule has 28 heavy (non-hydrogen) atoms. The summed E-state index contributed by atoms with van der Waals surface area (Å²) >= 11 is 16.9. The first kappa shape index (κ1) is 21.9. The van der Waals surface area contributed by atoms with Crippen LogP contribution in [0.5, 0.6) is 5.75 Å². The van der Waals surface area contributed by atoms with Crippen LogP contribution in [0.1, 0.15) is 13.8 Å². The number of nitrogens with one attached hydrogen (secondary N) is 3. The van der Waals surface area contributed by atoms with E-state index in [9.17, 15) is 9.59 Å². The first-order valence-corrected chi connectivity index (χ1v) is 9.50. The van der Waals surface area contributed by atoms with Crippen LogP contribution in [0.25, 0.3) is 0 Å². The van der Waals surface area contributed by atoms with E-state index in [1.165, 1.54) is 6.07 Å². The smallest absolute Gasteiger partial charge is 0.264 e. The molecule has 0 saturated heterocycles. The highest BCUT2D eigenvalue weighted by Crippen LogP contribution is 2.27. The molecule has 6 nitrogen and oxygen atoms in total. The molecular formula is C19H19Cl2N3O3S. The third kappa shape index (κ3) is 6.99. The number of rotatable bonds is 6. The summed E-state index contributed by atoms with van der Waals surface area (Å²) in [6, 6.07) is 11.7. The Hall–Kier alpha value is -2.35. The maximum absolute atomic E-state index is 12.0. The SMILES string of the molecule is CC(C)C(=O)Nc1cccc(NC(=S)NC(=O)COc2ccc(Cl)cc2Cl)c1. The summed E-state index contributed by atoms with van der Waals surface area (Å²) < 4.78 is 5.35. The van der Waals surface area contributed by atoms with Crippen LogP contribution in [0.2, 0.25) is 10.0 Å². The van der Waals surface area contributed by atoms with E-state index in [1.54, 1.807) is 50.2 Å². The van der Waals surface area contributed by atoms with Gasteiger partial charge in [0.05, 0.1) is 5.02 Å². The van der Waals surface area contributed by atoms with Gasteiger partial charge in [0.25, 0.3) is 5.91 Å². The summed E-state index contributed by atoms with van der Waals surface area (Å²) in [6.45, 7) is 3.34. The standard InChI is InChI=1S/C19H19Cl2N3O3S/c1-11(2)18(26)22-13-4-3-5-14(9-13)23-19(28)24-17(25)10-27-16-7-6-12(20)8-15(16)21/h3-9,11H,10H2,1-2H3,(H,22,26)(H2,23,24,25,28). The molecule has 0 saturated carbocycles. The summed E-state index contributed by atoms with van der Waals surface area (Å²) in [6.07, 6.45) is 0. The van der Waals surface area contributed by atoms with Crippen molar-refractivity contribution in [1.82, 2.24) is 5.32 Å². The minimum Gasteiger partial charge on any atom is -0.482 e. The normalized spacial score (nSPS) is 10.3. The van der Waals surface area contributed by atoms with E-state index in [4.69, 9.17) is 40.2 Å². The fourth-order valence-corrected chi connectivity index (χ4v) is 2.72. The number of carbonyl (C=O) groups is 2. The number of benzene rings is 2. The number of hydrogen-bond acceptors (Lipinski definition) is 4. The molecule has 2 rings (SSSR count). The zero-order chi connectivity index (χ0) is 20.7. The zero-order valence-corrected chi connectivity index (χ0v) is 17.5. The Balaban J connectivity index is 1.86. The van der Waals surface area contributed by atoms with Gasteiger partial charge in [-0.2, -0.15) is 0 Å². The summed E-state index contributed by atoms with van der Waals surface area (Å²) in [5.41, 5.74) is 1.24. The lowest BCUT2D eigenvalue weighted by Crippen LogP contribution is -2.37. The first-order valence-electron chi connectivity index (χ1n) is 8.34. The number of carbonyl (C=O) groups excluding carboxylic acids is 2. The molecule has 148 valence electrons. The van der Waals surface area contributed by atoms with Crippen molar-refractivity contribution in [2.45, 2.75) is 13.8 Å². The van der Waals surface area contributed by atoms with E-state index in [0.717, 1.165) is 0 Å². The number of ether oxygens (including phenoxy) is 1. The molecule has 2 aromatic rings. The minimum atomic E-state index is -0.451. The molecule has 9 heteroatoms. The predicted octanol–water partition coefficient (Wildman–Crippen LogP) is 4.48. The predicted molar refractivity (Wildman–Crippen MR) is 116 cm³/mol. The van der Waals surface area contributed by atoms with Crippen LogP contribution in [0.3, 0.4) is 0 Å². The fourth-order valence-electron chi connectivity index (χ4n) is 2.02. The molecule has 0 spiro atoms. The average molecular weight is 440 g/mol. The van der Waals surface area contributed by atoms with Crippen molar-refractivity contribution < 1.29 is 14.3 Å². The van der Waals surface area contributed by atoms with E-state index >= 15 is 0 Å². The number of thiocarbonyl (C=S) groups is 1. The zero-order valence-electron chi connectivity index (χ0n) is 15.2. The third-order valence-corrected chi connectivity index (χ3v) is 4.15. The lowest BCUT2D eigenvalue weighted by atomic mass is 10.2. The van der Waals surface area contributed by atoms with Crippen molar-refractivity contribution in [2.24, 2.45) is 5.92 Å². The molecule has 0 aromatic heterocycles. The molecule has 0 aliphatic rings. The number of anilines is 2. The van der Waals surface area contributed by atoms with Crippen LogP contribution in [0.4, 0.5) is 11.4 Å². The van der Waals surface area contributed by atoms with E-state index in [2.05, 4.69) is 16.0 Å². The van der Waals surface area contributed by atoms with Crippen molar-refractivity contribution in [3.8, 4) is 5.75 Å². The van der Waals surface area contributed by atoms with Gasteiger partial charge in [0, 0.05) is 22.3 Å². The monoisotopic (exact) mass is 439 g/mol. The number of amides is 2. The van der Waals surface area contributed by atoms with Gasteiger partial charge in [0.15, 0.2) is 11.7 Å². The largest absolute Gasteiger partial charge is 0.482 e. The van der Waals surface area contributed by atoms with Crippen LogP contribution in [0, 0.1) is 5.92 Å². The molecule has 3 N–H and O–H groups in total. The Labute approximate surface area is 178 Å². The highest BCUT2D eigenvalue weighted by Gasteiger charge is 2.10. The highest BCUT2D eigenvalue weighted by molar-refractivity contribution is 7.80. The molecule has 0 aliphatic carbocycles. The third-order valence-electron chi connectivity index (χ3n) is 3.42. The van der Waals surface area contributed by atoms with Crippen LogP contribution in [0.15, 0.2) is 42.5 Å². The minimum absolute atomic E-state index is 0.0916. The molecule has 2 aromatic carbocycles. The summed E-state index contributed by atoms with van der Waals surface area (Å²) in [4.78, 5) is 23.8. The molecule has 0 bridgehead atoms. The molecular weight excluding hydrogens is 421 g/mol. The lowest BCUT2D eigenvalue weighted by molar-refractivity contribution is -0.121. The second-order valence-electron chi connectivity index (χ2n) is 6.09. The summed E-state index contributed by atoms with van der Waals surface area (Å²) in [7, 11) is 0. The maximum Gasteiger partial charge on any atom is 0.264 e. The Bertz CT molecular complexity index is 890. The summed E-state index contributed by atoms with van der Waals surface area (Å²) in [5, 5.41) is 9.06. The second-order valence-corrected chi connectivity index (χ2v) is 7.34. The van der Waals surface area contributed by atoms with Crippen LogP contribution < -0.4 is 20.7 Å². The Morgan fingerprint density at radius 3 is 2.39 bits per heavy atom. The second kappa shape index (κ2) is 10.3. The van der Waals surface area contributed by atoms with Crippen molar-refractivity contribution in [3.63, 3.8) is 0 Å². The van der Waals surface area contributed by atoms with Gasteiger partial charge in [0.1, 0.15) is 5.75 Å². The van der Waals surface area contributed by atoms with Crippen molar-refractivity contribution in [2.75, 3.05) is 17.2 Å². The van der Waals surface area contributed by atoms with Gasteiger partial charge in [-0.05, 0) is 48.6 Å². The van der Waals surface area contributed by atoms with E-state index in [0.29, 0.717) is 27.2 Å². The average Bonchev–Trinajstić information content (AvgIpc) is 2.61. The van der Waals surface area contributed by atoms with Gasteiger partial charge in [-0.1, -0.05) is 43.1 Å². The highest BCUT2D eigenvalue weighted by atomic mass is 35.5. The van der Waals surface area contributed by atoms with E-state index in [1.807, 2.05) is 0 Å². The number of hydrogen-bond donors (Lipinski definition) is 3. The molecule has 0 aliphatic heterocycles. The van der Waals surface area contributed by atoms with E-state index < -0.39 is 5.91 Å². The Morgan fingerprint density at radius 2 is 1.75 bits per heavy atom. The van der Waals surface area contributed by atoms with Gasteiger partial charge in [-0.15, -0.1) is 0 Å².